The van der Waals surface area contributed by atoms with Crippen LogP contribution in [0.3, 0.4) is 0 Å². The number of furan rings is 1. The molecule has 0 atom stereocenters. The van der Waals surface area contributed by atoms with Crippen LogP contribution in [0.2, 0.25) is 0 Å². The SMILES string of the molecule is Cc1ccc(-c2nc(Cc3ccc(C=CCSCC(=O)O)o3)c(C)o2)cc1. The molecular formula is C21H21NO4S. The largest absolute Gasteiger partial charge is 0.481 e. The van der Waals surface area contributed by atoms with Crippen molar-refractivity contribution >= 4 is 23.8 Å². The molecule has 3 aromatic rings. The van der Waals surface area contributed by atoms with Gasteiger partial charge in [-0.2, -0.15) is 0 Å². The van der Waals surface area contributed by atoms with Crippen molar-refractivity contribution in [2.45, 2.75) is 20.3 Å². The molecule has 0 fully saturated rings. The quantitative estimate of drug-likeness (QED) is 0.553. The van der Waals surface area contributed by atoms with E-state index in [0.29, 0.717) is 18.1 Å². The summed E-state index contributed by atoms with van der Waals surface area (Å²) in [5.74, 6) is 2.86. The van der Waals surface area contributed by atoms with Gasteiger partial charge in [-0.15, -0.1) is 11.8 Å². The Morgan fingerprint density at radius 1 is 1.15 bits per heavy atom. The molecule has 0 unspecified atom stereocenters. The van der Waals surface area contributed by atoms with Crippen LogP contribution >= 0.6 is 11.8 Å². The molecular weight excluding hydrogens is 362 g/mol. The van der Waals surface area contributed by atoms with E-state index in [0.717, 1.165) is 28.5 Å². The zero-order chi connectivity index (χ0) is 19.2. The highest BCUT2D eigenvalue weighted by molar-refractivity contribution is 8.00. The van der Waals surface area contributed by atoms with Gasteiger partial charge in [0.05, 0.1) is 17.9 Å². The van der Waals surface area contributed by atoms with Gasteiger partial charge in [-0.3, -0.25) is 4.79 Å². The second kappa shape index (κ2) is 8.77. The number of aliphatic carboxylic acids is 1. The van der Waals surface area contributed by atoms with Crippen LogP contribution in [0.15, 0.2) is 51.3 Å². The van der Waals surface area contributed by atoms with Crippen molar-refractivity contribution in [1.82, 2.24) is 4.98 Å². The van der Waals surface area contributed by atoms with Crippen LogP contribution in [0, 0.1) is 13.8 Å². The number of hydrogen-bond donors (Lipinski definition) is 1. The fraction of sp³-hybridized carbons (Fsp3) is 0.238. The van der Waals surface area contributed by atoms with Gasteiger partial charge in [0.15, 0.2) is 0 Å². The molecule has 27 heavy (non-hydrogen) atoms. The number of hydrogen-bond acceptors (Lipinski definition) is 5. The lowest BCUT2D eigenvalue weighted by Crippen LogP contribution is -1.97. The van der Waals surface area contributed by atoms with Gasteiger partial charge in [0.1, 0.15) is 17.3 Å². The van der Waals surface area contributed by atoms with Crippen LogP contribution in [0.5, 0.6) is 0 Å². The van der Waals surface area contributed by atoms with Crippen molar-refractivity contribution in [1.29, 1.82) is 0 Å². The van der Waals surface area contributed by atoms with E-state index in [-0.39, 0.29) is 5.75 Å². The van der Waals surface area contributed by atoms with E-state index < -0.39 is 5.97 Å². The van der Waals surface area contributed by atoms with Gasteiger partial charge in [-0.05, 0) is 44.2 Å². The van der Waals surface area contributed by atoms with Crippen LogP contribution in [0.25, 0.3) is 17.5 Å². The number of thioether (sulfide) groups is 1. The summed E-state index contributed by atoms with van der Waals surface area (Å²) in [6, 6.07) is 11.9. The van der Waals surface area contributed by atoms with E-state index in [2.05, 4.69) is 4.98 Å². The minimum absolute atomic E-state index is 0.0997. The van der Waals surface area contributed by atoms with Gasteiger partial charge < -0.3 is 13.9 Å². The molecule has 6 heteroatoms. The Balaban J connectivity index is 1.63. The van der Waals surface area contributed by atoms with Crippen LogP contribution in [-0.2, 0) is 11.2 Å². The zero-order valence-electron chi connectivity index (χ0n) is 15.3. The van der Waals surface area contributed by atoms with E-state index in [1.165, 1.54) is 17.3 Å². The molecule has 0 spiro atoms. The lowest BCUT2D eigenvalue weighted by atomic mass is 10.1. The second-order valence-electron chi connectivity index (χ2n) is 6.18. The summed E-state index contributed by atoms with van der Waals surface area (Å²) >= 11 is 1.34. The van der Waals surface area contributed by atoms with Crippen LogP contribution in [0.1, 0.15) is 28.5 Å². The molecule has 1 N–H and O–H groups in total. The van der Waals surface area contributed by atoms with Crippen molar-refractivity contribution < 1.29 is 18.7 Å². The Morgan fingerprint density at radius 3 is 2.67 bits per heavy atom. The topological polar surface area (TPSA) is 76.5 Å². The number of benzene rings is 1. The molecule has 5 nitrogen and oxygen atoms in total. The molecule has 1 aromatic carbocycles. The number of nitrogens with zero attached hydrogens (tertiary/aromatic N) is 1. The number of carboxylic acids is 1. The maximum Gasteiger partial charge on any atom is 0.313 e. The highest BCUT2D eigenvalue weighted by atomic mass is 32.2. The first-order chi connectivity index (χ1) is 13.0. The van der Waals surface area contributed by atoms with Crippen LogP contribution in [-0.4, -0.2) is 27.6 Å². The molecule has 0 aliphatic heterocycles. The van der Waals surface area contributed by atoms with Gasteiger partial charge in [0.25, 0.3) is 0 Å². The summed E-state index contributed by atoms with van der Waals surface area (Å²) in [6.07, 6.45) is 4.31. The summed E-state index contributed by atoms with van der Waals surface area (Å²) in [7, 11) is 0. The van der Waals surface area contributed by atoms with Crippen LogP contribution in [0.4, 0.5) is 0 Å². The zero-order valence-corrected chi connectivity index (χ0v) is 16.1. The van der Waals surface area contributed by atoms with Crippen molar-refractivity contribution in [3.63, 3.8) is 0 Å². The van der Waals surface area contributed by atoms with Crippen molar-refractivity contribution in [3.8, 4) is 11.5 Å². The number of aryl methyl sites for hydroxylation is 2. The van der Waals surface area contributed by atoms with Gasteiger partial charge in [0.2, 0.25) is 5.89 Å². The van der Waals surface area contributed by atoms with Crippen molar-refractivity contribution in [3.05, 3.63) is 71.0 Å². The fourth-order valence-corrected chi connectivity index (χ4v) is 3.06. The minimum atomic E-state index is -0.804. The monoisotopic (exact) mass is 383 g/mol. The maximum atomic E-state index is 10.5. The van der Waals surface area contributed by atoms with Gasteiger partial charge in [-0.25, -0.2) is 4.98 Å². The van der Waals surface area contributed by atoms with Gasteiger partial charge >= 0.3 is 5.97 Å². The highest BCUT2D eigenvalue weighted by Gasteiger charge is 2.13. The molecule has 2 heterocycles. The van der Waals surface area contributed by atoms with E-state index in [4.69, 9.17) is 13.9 Å². The van der Waals surface area contributed by atoms with E-state index in [9.17, 15) is 4.79 Å². The number of oxazole rings is 1. The molecule has 0 amide bonds. The normalized spacial score (nSPS) is 11.3. The Morgan fingerprint density at radius 2 is 1.93 bits per heavy atom. The molecule has 3 rings (SSSR count). The van der Waals surface area contributed by atoms with E-state index in [1.54, 1.807) is 0 Å². The molecule has 0 aliphatic rings. The van der Waals surface area contributed by atoms with Gasteiger partial charge in [-0.1, -0.05) is 23.8 Å². The summed E-state index contributed by atoms with van der Waals surface area (Å²) in [4.78, 5) is 15.1. The molecule has 0 radical (unpaired) electrons. The number of carbonyl (C=O) groups is 1. The van der Waals surface area contributed by atoms with E-state index >= 15 is 0 Å². The predicted molar refractivity (Wildman–Crippen MR) is 107 cm³/mol. The molecule has 0 saturated carbocycles. The van der Waals surface area contributed by atoms with Crippen molar-refractivity contribution in [2.75, 3.05) is 11.5 Å². The number of carboxylic acid groups (broad SMARTS) is 1. The Labute approximate surface area is 162 Å². The predicted octanol–water partition coefficient (Wildman–Crippen LogP) is 4.97. The maximum absolute atomic E-state index is 10.5. The lowest BCUT2D eigenvalue weighted by Gasteiger charge is -1.95. The smallest absolute Gasteiger partial charge is 0.313 e. The summed E-state index contributed by atoms with van der Waals surface area (Å²) < 4.78 is 11.6. The number of rotatable bonds is 8. The average molecular weight is 383 g/mol. The first-order valence-corrected chi connectivity index (χ1v) is 9.75. The Hall–Kier alpha value is -2.73. The summed E-state index contributed by atoms with van der Waals surface area (Å²) in [5, 5.41) is 8.61. The fourth-order valence-electron chi connectivity index (χ4n) is 2.53. The lowest BCUT2D eigenvalue weighted by molar-refractivity contribution is -0.133. The summed E-state index contributed by atoms with van der Waals surface area (Å²) in [5.41, 5.74) is 3.00. The second-order valence-corrected chi connectivity index (χ2v) is 7.21. The molecule has 0 saturated heterocycles. The average Bonchev–Trinajstić information content (AvgIpc) is 3.22. The van der Waals surface area contributed by atoms with Gasteiger partial charge in [0, 0.05) is 11.3 Å². The van der Waals surface area contributed by atoms with Crippen molar-refractivity contribution in [2.24, 2.45) is 0 Å². The Kier molecular flexibility index (Phi) is 6.19. The number of aromatic nitrogens is 1. The first kappa shape index (κ1) is 19.0. The standard InChI is InChI=1S/C21H21NO4S/c1-14-5-7-16(8-6-14)21-22-19(15(2)25-21)12-18-10-9-17(26-18)4-3-11-27-13-20(23)24/h3-10H,11-13H2,1-2H3,(H,23,24). The third-order valence-corrected chi connectivity index (χ3v) is 4.82. The van der Waals surface area contributed by atoms with Crippen LogP contribution < -0.4 is 0 Å². The third-order valence-electron chi connectivity index (χ3n) is 3.94. The Bertz CT molecular complexity index is 938. The van der Waals surface area contributed by atoms with E-state index in [1.807, 2.05) is 62.4 Å². The minimum Gasteiger partial charge on any atom is -0.481 e. The highest BCUT2D eigenvalue weighted by Crippen LogP contribution is 2.24. The molecule has 2 aromatic heterocycles. The third kappa shape index (κ3) is 5.37. The first-order valence-electron chi connectivity index (χ1n) is 8.59. The molecule has 140 valence electrons. The molecule has 0 bridgehead atoms. The molecule has 0 aliphatic carbocycles. The summed E-state index contributed by atoms with van der Waals surface area (Å²) in [6.45, 7) is 3.95.